The van der Waals surface area contributed by atoms with Crippen molar-refractivity contribution < 1.29 is 9.84 Å². The van der Waals surface area contributed by atoms with E-state index in [0.717, 1.165) is 19.4 Å². The molecule has 2 N–H and O–H groups in total. The number of fused-ring (bicyclic) bond motifs is 1. The quantitative estimate of drug-likeness (QED) is 0.735. The van der Waals surface area contributed by atoms with Gasteiger partial charge in [-0.25, -0.2) is 0 Å². The SMILES string of the molecule is CC(C)CC(C)OCC(O)CNCC1Cc2ccccc21. The van der Waals surface area contributed by atoms with Gasteiger partial charge in [0.25, 0.3) is 0 Å². The molecule has 2 rings (SSSR count). The predicted octanol–water partition coefficient (Wildman–Crippen LogP) is 2.73. The number of benzene rings is 1. The second kappa shape index (κ2) is 7.92. The monoisotopic (exact) mass is 291 g/mol. The molecule has 0 saturated carbocycles. The molecule has 0 amide bonds. The Balaban J connectivity index is 1.57. The van der Waals surface area contributed by atoms with Crippen LogP contribution in [-0.2, 0) is 11.2 Å². The van der Waals surface area contributed by atoms with Crippen molar-refractivity contribution in [2.75, 3.05) is 19.7 Å². The van der Waals surface area contributed by atoms with Gasteiger partial charge in [0.2, 0.25) is 0 Å². The molecule has 3 atom stereocenters. The van der Waals surface area contributed by atoms with Gasteiger partial charge in [-0.05, 0) is 36.8 Å². The lowest BCUT2D eigenvalue weighted by molar-refractivity contribution is -0.00855. The first-order valence-corrected chi connectivity index (χ1v) is 8.14. The molecule has 1 aromatic carbocycles. The Bertz CT molecular complexity index is 433. The number of ether oxygens (including phenoxy) is 1. The zero-order chi connectivity index (χ0) is 15.2. The summed E-state index contributed by atoms with van der Waals surface area (Å²) in [6.45, 7) is 8.42. The molecule has 118 valence electrons. The third-order valence-corrected chi connectivity index (χ3v) is 4.11. The van der Waals surface area contributed by atoms with E-state index in [1.807, 2.05) is 0 Å². The molecule has 3 unspecified atom stereocenters. The molecule has 3 nitrogen and oxygen atoms in total. The van der Waals surface area contributed by atoms with Crippen LogP contribution in [0.2, 0.25) is 0 Å². The van der Waals surface area contributed by atoms with Crippen LogP contribution in [0, 0.1) is 5.92 Å². The van der Waals surface area contributed by atoms with E-state index < -0.39 is 6.10 Å². The van der Waals surface area contributed by atoms with E-state index in [-0.39, 0.29) is 6.10 Å². The maximum Gasteiger partial charge on any atom is 0.0897 e. The molecule has 21 heavy (non-hydrogen) atoms. The Hall–Kier alpha value is -0.900. The molecule has 0 aromatic heterocycles. The van der Waals surface area contributed by atoms with Crippen LogP contribution >= 0.6 is 0 Å². The molecular weight excluding hydrogens is 262 g/mol. The maximum atomic E-state index is 9.94. The molecule has 0 saturated heterocycles. The fraction of sp³-hybridized carbons (Fsp3) is 0.667. The van der Waals surface area contributed by atoms with E-state index in [0.29, 0.717) is 25.0 Å². The van der Waals surface area contributed by atoms with Gasteiger partial charge in [-0.2, -0.15) is 0 Å². The van der Waals surface area contributed by atoms with E-state index in [4.69, 9.17) is 4.74 Å². The maximum absolute atomic E-state index is 9.94. The first-order valence-electron chi connectivity index (χ1n) is 8.14. The summed E-state index contributed by atoms with van der Waals surface area (Å²) in [5, 5.41) is 13.3. The number of hydrogen-bond acceptors (Lipinski definition) is 3. The van der Waals surface area contributed by atoms with Crippen LogP contribution in [0.25, 0.3) is 0 Å². The first-order chi connectivity index (χ1) is 10.1. The van der Waals surface area contributed by atoms with Crippen molar-refractivity contribution in [2.24, 2.45) is 5.92 Å². The van der Waals surface area contributed by atoms with E-state index in [1.54, 1.807) is 0 Å². The Kier molecular flexibility index (Phi) is 6.22. The van der Waals surface area contributed by atoms with E-state index in [9.17, 15) is 5.11 Å². The zero-order valence-corrected chi connectivity index (χ0v) is 13.5. The van der Waals surface area contributed by atoms with Crippen molar-refractivity contribution in [1.29, 1.82) is 0 Å². The summed E-state index contributed by atoms with van der Waals surface area (Å²) in [6, 6.07) is 8.61. The van der Waals surface area contributed by atoms with Gasteiger partial charge in [0.05, 0.1) is 18.8 Å². The highest BCUT2D eigenvalue weighted by molar-refractivity contribution is 5.40. The second-order valence-corrected chi connectivity index (χ2v) is 6.69. The molecule has 1 aromatic rings. The van der Waals surface area contributed by atoms with Gasteiger partial charge in [-0.1, -0.05) is 38.1 Å². The molecule has 0 spiro atoms. The molecule has 0 aliphatic heterocycles. The fourth-order valence-corrected chi connectivity index (χ4v) is 3.04. The minimum absolute atomic E-state index is 0.221. The van der Waals surface area contributed by atoms with Gasteiger partial charge in [-0.3, -0.25) is 0 Å². The Labute approximate surface area is 128 Å². The van der Waals surface area contributed by atoms with Crippen molar-refractivity contribution >= 4 is 0 Å². The highest BCUT2D eigenvalue weighted by Crippen LogP contribution is 2.33. The van der Waals surface area contributed by atoms with Crippen LogP contribution < -0.4 is 5.32 Å². The van der Waals surface area contributed by atoms with Crippen molar-refractivity contribution in [3.63, 3.8) is 0 Å². The Morgan fingerprint density at radius 3 is 2.76 bits per heavy atom. The van der Waals surface area contributed by atoms with Crippen molar-refractivity contribution in [3.05, 3.63) is 35.4 Å². The van der Waals surface area contributed by atoms with Crippen molar-refractivity contribution in [3.8, 4) is 0 Å². The van der Waals surface area contributed by atoms with Gasteiger partial charge in [0, 0.05) is 19.0 Å². The van der Waals surface area contributed by atoms with Gasteiger partial charge < -0.3 is 15.2 Å². The standard InChI is InChI=1S/C18H29NO2/c1-13(2)8-14(3)21-12-17(20)11-19-10-16-9-15-6-4-5-7-18(15)16/h4-7,13-14,16-17,19-20H,8-12H2,1-3H3. The summed E-state index contributed by atoms with van der Waals surface area (Å²) in [5.74, 6) is 1.24. The first kappa shape index (κ1) is 16.5. The molecule has 1 aliphatic rings. The summed E-state index contributed by atoms with van der Waals surface area (Å²) in [4.78, 5) is 0. The number of aliphatic hydroxyl groups is 1. The number of rotatable bonds is 9. The van der Waals surface area contributed by atoms with Crippen LogP contribution in [0.4, 0.5) is 0 Å². The third kappa shape index (κ3) is 5.10. The van der Waals surface area contributed by atoms with Crippen LogP contribution in [-0.4, -0.2) is 37.0 Å². The van der Waals surface area contributed by atoms with Gasteiger partial charge in [-0.15, -0.1) is 0 Å². The zero-order valence-electron chi connectivity index (χ0n) is 13.5. The summed E-state index contributed by atoms with van der Waals surface area (Å²) >= 11 is 0. The van der Waals surface area contributed by atoms with E-state index >= 15 is 0 Å². The molecule has 0 heterocycles. The minimum atomic E-state index is -0.421. The van der Waals surface area contributed by atoms with Crippen LogP contribution in [0.3, 0.4) is 0 Å². The third-order valence-electron chi connectivity index (χ3n) is 4.11. The average molecular weight is 291 g/mol. The summed E-state index contributed by atoms with van der Waals surface area (Å²) < 4.78 is 5.68. The molecule has 0 radical (unpaired) electrons. The lowest BCUT2D eigenvalue weighted by atomic mass is 9.77. The summed E-state index contributed by atoms with van der Waals surface area (Å²) in [6.07, 6.45) is 1.99. The Morgan fingerprint density at radius 1 is 1.29 bits per heavy atom. The van der Waals surface area contributed by atoms with E-state index in [2.05, 4.69) is 50.4 Å². The number of aliphatic hydroxyl groups excluding tert-OH is 1. The fourth-order valence-electron chi connectivity index (χ4n) is 3.04. The van der Waals surface area contributed by atoms with Crippen LogP contribution in [0.15, 0.2) is 24.3 Å². The smallest absolute Gasteiger partial charge is 0.0897 e. The van der Waals surface area contributed by atoms with E-state index in [1.165, 1.54) is 11.1 Å². The van der Waals surface area contributed by atoms with Gasteiger partial charge in [0.15, 0.2) is 0 Å². The molecule has 0 fully saturated rings. The van der Waals surface area contributed by atoms with Crippen LogP contribution in [0.1, 0.15) is 44.2 Å². The second-order valence-electron chi connectivity index (χ2n) is 6.69. The lowest BCUT2D eigenvalue weighted by Crippen LogP contribution is -2.36. The number of hydrogen-bond donors (Lipinski definition) is 2. The van der Waals surface area contributed by atoms with Gasteiger partial charge >= 0.3 is 0 Å². The summed E-state index contributed by atoms with van der Waals surface area (Å²) in [7, 11) is 0. The Morgan fingerprint density at radius 2 is 2.05 bits per heavy atom. The highest BCUT2D eigenvalue weighted by Gasteiger charge is 2.24. The normalized spacial score (nSPS) is 20.0. The topological polar surface area (TPSA) is 41.5 Å². The minimum Gasteiger partial charge on any atom is -0.389 e. The van der Waals surface area contributed by atoms with Gasteiger partial charge in [0.1, 0.15) is 0 Å². The molecule has 1 aliphatic carbocycles. The highest BCUT2D eigenvalue weighted by atomic mass is 16.5. The number of nitrogens with one attached hydrogen (secondary N) is 1. The van der Waals surface area contributed by atoms with Crippen LogP contribution in [0.5, 0.6) is 0 Å². The largest absolute Gasteiger partial charge is 0.389 e. The van der Waals surface area contributed by atoms with Crippen molar-refractivity contribution in [2.45, 2.75) is 51.7 Å². The summed E-state index contributed by atoms with van der Waals surface area (Å²) in [5.41, 5.74) is 2.93. The molecule has 3 heteroatoms. The average Bonchev–Trinajstić information content (AvgIpc) is 2.41. The molecule has 0 bridgehead atoms. The lowest BCUT2D eigenvalue weighted by Gasteiger charge is -2.30. The predicted molar refractivity (Wildman–Crippen MR) is 86.6 cm³/mol. The molecular formula is C18H29NO2. The van der Waals surface area contributed by atoms with Crippen molar-refractivity contribution in [1.82, 2.24) is 5.32 Å².